The Balaban J connectivity index is 2.13. The van der Waals surface area contributed by atoms with Gasteiger partial charge in [-0.1, -0.05) is 0 Å². The zero-order valence-electron chi connectivity index (χ0n) is 10.1. The van der Waals surface area contributed by atoms with Gasteiger partial charge in [-0.15, -0.1) is 0 Å². The van der Waals surface area contributed by atoms with Crippen LogP contribution in [-0.4, -0.2) is 9.55 Å². The van der Waals surface area contributed by atoms with Crippen LogP contribution in [0.5, 0.6) is 0 Å². The standard InChI is InChI=1S/C13H17N3O/c1-9-5-6-11(17-9)13-10-4-2-3-7-16(10)12(8-14)15-13/h5-6H,2-4,7-8,14H2,1H3. The van der Waals surface area contributed by atoms with Crippen LogP contribution in [0.3, 0.4) is 0 Å². The van der Waals surface area contributed by atoms with Crippen molar-refractivity contribution in [3.8, 4) is 11.5 Å². The van der Waals surface area contributed by atoms with E-state index in [0.717, 1.165) is 36.0 Å². The second-order valence-corrected chi connectivity index (χ2v) is 4.55. The first kappa shape index (κ1) is 10.6. The van der Waals surface area contributed by atoms with Crippen molar-refractivity contribution in [2.24, 2.45) is 5.73 Å². The molecular weight excluding hydrogens is 214 g/mol. The maximum absolute atomic E-state index is 5.76. The van der Waals surface area contributed by atoms with E-state index in [0.29, 0.717) is 6.54 Å². The molecule has 0 spiro atoms. The zero-order chi connectivity index (χ0) is 11.8. The Kier molecular flexibility index (Phi) is 2.52. The maximum atomic E-state index is 5.76. The quantitative estimate of drug-likeness (QED) is 0.862. The second-order valence-electron chi connectivity index (χ2n) is 4.55. The van der Waals surface area contributed by atoms with E-state index < -0.39 is 0 Å². The Morgan fingerprint density at radius 2 is 2.29 bits per heavy atom. The molecule has 90 valence electrons. The van der Waals surface area contributed by atoms with Crippen LogP contribution in [0.2, 0.25) is 0 Å². The minimum Gasteiger partial charge on any atom is -0.460 e. The van der Waals surface area contributed by atoms with Gasteiger partial charge in [0.15, 0.2) is 5.76 Å². The molecule has 17 heavy (non-hydrogen) atoms. The molecule has 1 aliphatic rings. The van der Waals surface area contributed by atoms with Gasteiger partial charge in [0.25, 0.3) is 0 Å². The van der Waals surface area contributed by atoms with E-state index in [1.807, 2.05) is 19.1 Å². The van der Waals surface area contributed by atoms with Gasteiger partial charge in [0.05, 0.1) is 6.54 Å². The number of imidazole rings is 1. The summed E-state index contributed by atoms with van der Waals surface area (Å²) < 4.78 is 7.94. The van der Waals surface area contributed by atoms with Crippen LogP contribution < -0.4 is 5.73 Å². The van der Waals surface area contributed by atoms with Crippen LogP contribution in [0.1, 0.15) is 30.1 Å². The Bertz CT molecular complexity index is 539. The van der Waals surface area contributed by atoms with E-state index in [1.165, 1.54) is 18.5 Å². The number of nitrogens with zero attached hydrogens (tertiary/aromatic N) is 2. The molecule has 0 amide bonds. The van der Waals surface area contributed by atoms with E-state index in [2.05, 4.69) is 9.55 Å². The summed E-state index contributed by atoms with van der Waals surface area (Å²) in [6.07, 6.45) is 3.51. The number of furan rings is 1. The molecule has 0 unspecified atom stereocenters. The van der Waals surface area contributed by atoms with Crippen molar-refractivity contribution in [2.75, 3.05) is 0 Å². The fourth-order valence-electron chi connectivity index (χ4n) is 2.53. The first-order chi connectivity index (χ1) is 8.29. The number of hydrogen-bond acceptors (Lipinski definition) is 3. The van der Waals surface area contributed by atoms with Gasteiger partial charge in [-0.3, -0.25) is 0 Å². The second kappa shape index (κ2) is 4.04. The third-order valence-corrected chi connectivity index (χ3v) is 3.35. The molecule has 3 heterocycles. The molecular formula is C13H17N3O. The molecule has 0 saturated carbocycles. The summed E-state index contributed by atoms with van der Waals surface area (Å²) in [5, 5.41) is 0. The van der Waals surface area contributed by atoms with Crippen molar-refractivity contribution >= 4 is 0 Å². The summed E-state index contributed by atoms with van der Waals surface area (Å²) in [5.74, 6) is 2.77. The average molecular weight is 231 g/mol. The van der Waals surface area contributed by atoms with Gasteiger partial charge in [0, 0.05) is 12.2 Å². The predicted octanol–water partition coefficient (Wildman–Crippen LogP) is 2.25. The molecule has 0 atom stereocenters. The van der Waals surface area contributed by atoms with E-state index in [-0.39, 0.29) is 0 Å². The monoisotopic (exact) mass is 231 g/mol. The van der Waals surface area contributed by atoms with Gasteiger partial charge < -0.3 is 14.7 Å². The van der Waals surface area contributed by atoms with E-state index >= 15 is 0 Å². The first-order valence-electron chi connectivity index (χ1n) is 6.14. The summed E-state index contributed by atoms with van der Waals surface area (Å²) in [6.45, 7) is 3.48. The topological polar surface area (TPSA) is 57.0 Å². The lowest BCUT2D eigenvalue weighted by Crippen LogP contribution is -2.15. The molecule has 3 rings (SSSR count). The third-order valence-electron chi connectivity index (χ3n) is 3.35. The van der Waals surface area contributed by atoms with Crippen LogP contribution >= 0.6 is 0 Å². The molecule has 4 heteroatoms. The lowest BCUT2D eigenvalue weighted by atomic mass is 10.1. The molecule has 0 aliphatic carbocycles. The highest BCUT2D eigenvalue weighted by molar-refractivity contribution is 5.57. The number of aromatic nitrogens is 2. The molecule has 0 radical (unpaired) electrons. The fraction of sp³-hybridized carbons (Fsp3) is 0.462. The minimum atomic E-state index is 0.493. The summed E-state index contributed by atoms with van der Waals surface area (Å²) in [5.41, 5.74) is 8.02. The number of rotatable bonds is 2. The summed E-state index contributed by atoms with van der Waals surface area (Å²) in [4.78, 5) is 4.64. The number of aryl methyl sites for hydroxylation is 1. The number of fused-ring (bicyclic) bond motifs is 1. The van der Waals surface area contributed by atoms with Gasteiger partial charge in [0.1, 0.15) is 17.3 Å². The minimum absolute atomic E-state index is 0.493. The van der Waals surface area contributed by atoms with Crippen LogP contribution in [0, 0.1) is 6.92 Å². The van der Waals surface area contributed by atoms with Crippen LogP contribution in [0.15, 0.2) is 16.5 Å². The Labute approximate surface area is 100 Å². The van der Waals surface area contributed by atoms with Gasteiger partial charge in [0.2, 0.25) is 0 Å². The van der Waals surface area contributed by atoms with Crippen molar-refractivity contribution < 1.29 is 4.42 Å². The van der Waals surface area contributed by atoms with Gasteiger partial charge in [-0.05, 0) is 38.3 Å². The molecule has 4 nitrogen and oxygen atoms in total. The molecule has 0 fully saturated rings. The van der Waals surface area contributed by atoms with E-state index in [1.54, 1.807) is 0 Å². The fourth-order valence-corrected chi connectivity index (χ4v) is 2.53. The molecule has 2 aromatic rings. The molecule has 0 bridgehead atoms. The normalized spacial score (nSPS) is 14.9. The molecule has 2 aromatic heterocycles. The van der Waals surface area contributed by atoms with Gasteiger partial charge >= 0.3 is 0 Å². The van der Waals surface area contributed by atoms with Crippen molar-refractivity contribution in [3.05, 3.63) is 29.4 Å². The zero-order valence-corrected chi connectivity index (χ0v) is 10.1. The maximum Gasteiger partial charge on any atom is 0.154 e. The number of nitrogens with two attached hydrogens (primary N) is 1. The average Bonchev–Trinajstić information content (AvgIpc) is 2.92. The van der Waals surface area contributed by atoms with Gasteiger partial charge in [-0.25, -0.2) is 4.98 Å². The summed E-state index contributed by atoms with van der Waals surface area (Å²) >= 11 is 0. The van der Waals surface area contributed by atoms with E-state index in [4.69, 9.17) is 10.2 Å². The summed E-state index contributed by atoms with van der Waals surface area (Å²) in [7, 11) is 0. The highest BCUT2D eigenvalue weighted by Gasteiger charge is 2.21. The predicted molar refractivity (Wildman–Crippen MR) is 65.5 cm³/mol. The Morgan fingerprint density at radius 1 is 1.41 bits per heavy atom. The Hall–Kier alpha value is -1.55. The SMILES string of the molecule is Cc1ccc(-c2nc(CN)n3c2CCCC3)o1. The van der Waals surface area contributed by atoms with Crippen LogP contribution in [-0.2, 0) is 19.5 Å². The molecule has 0 saturated heterocycles. The largest absolute Gasteiger partial charge is 0.460 e. The summed E-state index contributed by atoms with van der Waals surface area (Å²) in [6, 6.07) is 3.97. The van der Waals surface area contributed by atoms with Crippen molar-refractivity contribution in [2.45, 2.75) is 39.3 Å². The lowest BCUT2D eigenvalue weighted by Gasteiger charge is -2.16. The van der Waals surface area contributed by atoms with Crippen molar-refractivity contribution in [1.82, 2.24) is 9.55 Å². The third kappa shape index (κ3) is 1.69. The highest BCUT2D eigenvalue weighted by atomic mass is 16.3. The van der Waals surface area contributed by atoms with Crippen molar-refractivity contribution in [3.63, 3.8) is 0 Å². The molecule has 2 N–H and O–H groups in total. The molecule has 1 aliphatic heterocycles. The number of hydrogen-bond donors (Lipinski definition) is 1. The van der Waals surface area contributed by atoms with Crippen LogP contribution in [0.4, 0.5) is 0 Å². The highest BCUT2D eigenvalue weighted by Crippen LogP contribution is 2.29. The van der Waals surface area contributed by atoms with Gasteiger partial charge in [-0.2, -0.15) is 0 Å². The lowest BCUT2D eigenvalue weighted by molar-refractivity contribution is 0.512. The molecule has 0 aromatic carbocycles. The Morgan fingerprint density at radius 3 is 3.00 bits per heavy atom. The smallest absolute Gasteiger partial charge is 0.154 e. The first-order valence-corrected chi connectivity index (χ1v) is 6.14. The van der Waals surface area contributed by atoms with Crippen LogP contribution in [0.25, 0.3) is 11.5 Å². The van der Waals surface area contributed by atoms with E-state index in [9.17, 15) is 0 Å². The van der Waals surface area contributed by atoms with Crippen molar-refractivity contribution in [1.29, 1.82) is 0 Å².